The van der Waals surface area contributed by atoms with Gasteiger partial charge in [0.1, 0.15) is 5.70 Å². The Hall–Kier alpha value is -2.44. The van der Waals surface area contributed by atoms with Crippen molar-refractivity contribution in [3.63, 3.8) is 0 Å². The summed E-state index contributed by atoms with van der Waals surface area (Å²) in [4.78, 5) is 27.8. The van der Waals surface area contributed by atoms with Crippen LogP contribution in [0, 0.1) is 6.92 Å². The lowest BCUT2D eigenvalue weighted by molar-refractivity contribution is -0.136. The van der Waals surface area contributed by atoms with Crippen molar-refractivity contribution in [2.45, 2.75) is 13.3 Å². The maximum absolute atomic E-state index is 12.8. The van der Waals surface area contributed by atoms with Crippen molar-refractivity contribution in [2.24, 2.45) is 0 Å². The molecule has 130 valence electrons. The van der Waals surface area contributed by atoms with Crippen LogP contribution in [0.25, 0.3) is 5.57 Å². The molecule has 0 atom stereocenters. The van der Waals surface area contributed by atoms with Crippen LogP contribution in [0.3, 0.4) is 0 Å². The quantitative estimate of drug-likeness (QED) is 0.611. The maximum Gasteiger partial charge on any atom is 0.278 e. The highest BCUT2D eigenvalue weighted by Gasteiger charge is 2.39. The van der Waals surface area contributed by atoms with Crippen LogP contribution < -0.4 is 5.32 Å². The monoisotopic (exact) mass is 356 g/mol. The van der Waals surface area contributed by atoms with Crippen molar-refractivity contribution in [1.82, 2.24) is 4.90 Å². The van der Waals surface area contributed by atoms with Crippen LogP contribution in [-0.4, -0.2) is 37.0 Å². The summed E-state index contributed by atoms with van der Waals surface area (Å²) in [7, 11) is 1.60. The van der Waals surface area contributed by atoms with Crippen LogP contribution in [0.15, 0.2) is 47.5 Å². The molecule has 2 aromatic rings. The second-order valence-electron chi connectivity index (χ2n) is 5.83. The normalized spacial score (nSPS) is 14.6. The van der Waals surface area contributed by atoms with Gasteiger partial charge in [0.2, 0.25) is 0 Å². The van der Waals surface area contributed by atoms with Crippen molar-refractivity contribution >= 4 is 34.4 Å². The first-order valence-electron chi connectivity index (χ1n) is 8.09. The van der Waals surface area contributed by atoms with Gasteiger partial charge in [-0.1, -0.05) is 23.8 Å². The van der Waals surface area contributed by atoms with Gasteiger partial charge in [0, 0.05) is 30.8 Å². The fourth-order valence-electron chi connectivity index (χ4n) is 2.69. The molecule has 1 aliphatic heterocycles. The predicted octanol–water partition coefficient (Wildman–Crippen LogP) is 3.29. The van der Waals surface area contributed by atoms with E-state index in [0.717, 1.165) is 16.1 Å². The minimum absolute atomic E-state index is 0.252. The first-order chi connectivity index (χ1) is 12.1. The fraction of sp³-hybridized carbons (Fsp3) is 0.263. The smallest absolute Gasteiger partial charge is 0.278 e. The minimum Gasteiger partial charge on any atom is -0.385 e. The molecule has 0 unspecified atom stereocenters. The summed E-state index contributed by atoms with van der Waals surface area (Å²) in [5.41, 5.74) is 2.70. The number of anilines is 1. The highest BCUT2D eigenvalue weighted by molar-refractivity contribution is 7.11. The Balaban J connectivity index is 1.92. The molecule has 0 aliphatic carbocycles. The molecule has 1 aliphatic rings. The van der Waals surface area contributed by atoms with E-state index in [1.807, 2.05) is 48.7 Å². The summed E-state index contributed by atoms with van der Waals surface area (Å²) in [5.74, 6) is -0.539. The Morgan fingerprint density at radius 2 is 1.88 bits per heavy atom. The largest absolute Gasteiger partial charge is 0.385 e. The maximum atomic E-state index is 12.8. The number of thiophene rings is 1. The molecule has 0 radical (unpaired) electrons. The van der Waals surface area contributed by atoms with Crippen molar-refractivity contribution in [1.29, 1.82) is 0 Å². The number of carbonyl (C=O) groups is 2. The molecule has 3 rings (SSSR count). The topological polar surface area (TPSA) is 58.6 Å². The van der Waals surface area contributed by atoms with E-state index in [-0.39, 0.29) is 11.8 Å². The summed E-state index contributed by atoms with van der Waals surface area (Å²) in [6.07, 6.45) is 0.615. The van der Waals surface area contributed by atoms with Gasteiger partial charge in [-0.25, -0.2) is 0 Å². The zero-order chi connectivity index (χ0) is 17.8. The summed E-state index contributed by atoms with van der Waals surface area (Å²) in [6.45, 7) is 2.85. The Kier molecular flexibility index (Phi) is 5.31. The third-order valence-electron chi connectivity index (χ3n) is 3.99. The number of carbonyl (C=O) groups excluding carboxylic acids is 2. The van der Waals surface area contributed by atoms with Gasteiger partial charge >= 0.3 is 0 Å². The van der Waals surface area contributed by atoms with E-state index in [1.165, 1.54) is 16.2 Å². The molecule has 5 nitrogen and oxygen atoms in total. The highest BCUT2D eigenvalue weighted by atomic mass is 32.1. The molecule has 2 heterocycles. The molecule has 1 aromatic carbocycles. The van der Waals surface area contributed by atoms with E-state index < -0.39 is 0 Å². The summed E-state index contributed by atoms with van der Waals surface area (Å²) >= 11 is 1.45. The zero-order valence-electron chi connectivity index (χ0n) is 14.2. The summed E-state index contributed by atoms with van der Waals surface area (Å²) in [5, 5.41) is 5.05. The first-order valence-corrected chi connectivity index (χ1v) is 8.96. The van der Waals surface area contributed by atoms with Crippen LogP contribution in [0.5, 0.6) is 0 Å². The lowest BCUT2D eigenvalue weighted by Crippen LogP contribution is -2.33. The van der Waals surface area contributed by atoms with Gasteiger partial charge < -0.3 is 10.1 Å². The second kappa shape index (κ2) is 7.63. The molecular weight excluding hydrogens is 336 g/mol. The standard InChI is InChI=1S/C19H20N2O3S/c1-13-6-8-14(9-7-13)20-17-16(15-5-3-12-25-15)18(22)21(19(17)23)10-4-11-24-2/h3,5-9,12,20H,4,10-11H2,1-2H3. The number of rotatable bonds is 7. The third-order valence-corrected chi connectivity index (χ3v) is 4.87. The lowest BCUT2D eigenvalue weighted by Gasteiger charge is -2.14. The van der Waals surface area contributed by atoms with Crippen LogP contribution in [0.2, 0.25) is 0 Å². The van der Waals surface area contributed by atoms with Gasteiger partial charge in [-0.3, -0.25) is 14.5 Å². The Morgan fingerprint density at radius 1 is 1.12 bits per heavy atom. The number of methoxy groups -OCH3 is 1. The molecule has 25 heavy (non-hydrogen) atoms. The zero-order valence-corrected chi connectivity index (χ0v) is 15.1. The van der Waals surface area contributed by atoms with Crippen molar-refractivity contribution < 1.29 is 14.3 Å². The van der Waals surface area contributed by atoms with Gasteiger partial charge in [0.25, 0.3) is 11.8 Å². The highest BCUT2D eigenvalue weighted by Crippen LogP contribution is 2.32. The van der Waals surface area contributed by atoms with E-state index in [2.05, 4.69) is 5.32 Å². The number of hydrogen-bond donors (Lipinski definition) is 1. The van der Waals surface area contributed by atoms with Crippen LogP contribution in [0.1, 0.15) is 16.9 Å². The van der Waals surface area contributed by atoms with Gasteiger partial charge in [-0.05, 0) is 36.9 Å². The molecule has 0 fully saturated rings. The van der Waals surface area contributed by atoms with Crippen molar-refractivity contribution in [2.75, 3.05) is 25.6 Å². The second-order valence-corrected chi connectivity index (χ2v) is 6.77. The van der Waals surface area contributed by atoms with Crippen molar-refractivity contribution in [3.8, 4) is 0 Å². The van der Waals surface area contributed by atoms with Gasteiger partial charge in [-0.15, -0.1) is 11.3 Å². The van der Waals surface area contributed by atoms with E-state index >= 15 is 0 Å². The Morgan fingerprint density at radius 3 is 2.52 bits per heavy atom. The number of hydrogen-bond acceptors (Lipinski definition) is 5. The van der Waals surface area contributed by atoms with Gasteiger partial charge in [-0.2, -0.15) is 0 Å². The fourth-order valence-corrected chi connectivity index (χ4v) is 3.46. The minimum atomic E-state index is -0.287. The Bertz CT molecular complexity index is 795. The molecular formula is C19H20N2O3S. The van der Waals surface area contributed by atoms with Crippen molar-refractivity contribution in [3.05, 3.63) is 57.9 Å². The molecule has 2 amide bonds. The average molecular weight is 356 g/mol. The predicted molar refractivity (Wildman–Crippen MR) is 99.3 cm³/mol. The van der Waals surface area contributed by atoms with E-state index in [0.29, 0.717) is 30.8 Å². The number of nitrogens with one attached hydrogen (secondary N) is 1. The summed E-state index contributed by atoms with van der Waals surface area (Å²) < 4.78 is 5.03. The Labute approximate surface area is 150 Å². The van der Waals surface area contributed by atoms with Gasteiger partial charge in [0.05, 0.1) is 5.57 Å². The number of aryl methyl sites for hydroxylation is 1. The van der Waals surface area contributed by atoms with E-state index in [9.17, 15) is 9.59 Å². The van der Waals surface area contributed by atoms with Gasteiger partial charge in [0.15, 0.2) is 0 Å². The molecule has 0 spiro atoms. The lowest BCUT2D eigenvalue weighted by atomic mass is 10.1. The van der Waals surface area contributed by atoms with Crippen LogP contribution in [0.4, 0.5) is 5.69 Å². The van der Waals surface area contributed by atoms with E-state index in [1.54, 1.807) is 7.11 Å². The molecule has 0 saturated heterocycles. The number of amides is 2. The summed E-state index contributed by atoms with van der Waals surface area (Å²) in [6, 6.07) is 11.5. The van der Waals surface area contributed by atoms with Crippen LogP contribution >= 0.6 is 11.3 Å². The average Bonchev–Trinajstić information content (AvgIpc) is 3.20. The van der Waals surface area contributed by atoms with E-state index in [4.69, 9.17) is 4.74 Å². The molecule has 1 aromatic heterocycles. The van der Waals surface area contributed by atoms with Crippen LogP contribution in [-0.2, 0) is 14.3 Å². The third kappa shape index (κ3) is 3.65. The number of nitrogens with zero attached hydrogens (tertiary/aromatic N) is 1. The molecule has 6 heteroatoms. The number of benzene rings is 1. The first kappa shape index (κ1) is 17.4. The molecule has 1 N–H and O–H groups in total. The number of imide groups is 1. The number of ether oxygens (including phenoxy) is 1. The molecule has 0 bridgehead atoms. The molecule has 0 saturated carbocycles. The SMILES string of the molecule is COCCCN1C(=O)C(Nc2ccc(C)cc2)=C(c2cccs2)C1=O.